The molecule has 0 atom stereocenters. The Morgan fingerprint density at radius 2 is 2.00 bits per heavy atom. The summed E-state index contributed by atoms with van der Waals surface area (Å²) in [5.74, 6) is 5.38. The average Bonchev–Trinajstić information content (AvgIpc) is 3.12. The molecule has 0 unspecified atom stereocenters. The highest BCUT2D eigenvalue weighted by Gasteiger charge is 2.17. The quantitative estimate of drug-likeness (QED) is 0.353. The minimum Gasteiger partial charge on any atom is -0.347 e. The number of nitrogens with two attached hydrogens (primary N) is 1. The number of fused-ring (bicyclic) bond motifs is 1. The van der Waals surface area contributed by atoms with E-state index in [0.29, 0.717) is 10.2 Å². The zero-order valence-corrected chi connectivity index (χ0v) is 17.0. The SMILES string of the molecule is CN(C)C(=O)CNC(=O)CSc1nc2scc(-c3ccccc3)c2c(=O)n1N. The van der Waals surface area contributed by atoms with Crippen molar-refractivity contribution >= 4 is 45.1 Å². The van der Waals surface area contributed by atoms with Gasteiger partial charge < -0.3 is 16.1 Å². The number of carbonyl (C=O) groups is 2. The van der Waals surface area contributed by atoms with E-state index >= 15 is 0 Å². The summed E-state index contributed by atoms with van der Waals surface area (Å²) in [5, 5.41) is 5.11. The smallest absolute Gasteiger partial charge is 0.282 e. The summed E-state index contributed by atoms with van der Waals surface area (Å²) in [7, 11) is 3.22. The number of aromatic nitrogens is 2. The van der Waals surface area contributed by atoms with E-state index in [0.717, 1.165) is 27.6 Å². The molecule has 1 aromatic carbocycles. The lowest BCUT2D eigenvalue weighted by atomic mass is 10.1. The minimum absolute atomic E-state index is 0.00717. The van der Waals surface area contributed by atoms with Gasteiger partial charge in [0.25, 0.3) is 5.56 Å². The minimum atomic E-state index is -0.365. The Hall–Kier alpha value is -2.85. The van der Waals surface area contributed by atoms with Crippen LogP contribution in [0.25, 0.3) is 21.3 Å². The summed E-state index contributed by atoms with van der Waals surface area (Å²) in [5.41, 5.74) is 1.34. The van der Waals surface area contributed by atoms with Crippen LogP contribution < -0.4 is 16.7 Å². The van der Waals surface area contributed by atoms with Crippen molar-refractivity contribution in [2.24, 2.45) is 0 Å². The van der Waals surface area contributed by atoms with Gasteiger partial charge in [-0.2, -0.15) is 0 Å². The molecule has 0 radical (unpaired) electrons. The molecule has 0 bridgehead atoms. The first-order valence-corrected chi connectivity index (χ1v) is 10.2. The largest absolute Gasteiger partial charge is 0.347 e. The summed E-state index contributed by atoms with van der Waals surface area (Å²) >= 11 is 2.40. The van der Waals surface area contributed by atoms with Gasteiger partial charge in [-0.25, -0.2) is 9.66 Å². The van der Waals surface area contributed by atoms with Gasteiger partial charge in [0.05, 0.1) is 17.7 Å². The molecule has 0 aliphatic heterocycles. The average molecular weight is 418 g/mol. The molecule has 0 aliphatic rings. The number of thiophene rings is 1. The monoisotopic (exact) mass is 417 g/mol. The van der Waals surface area contributed by atoms with Crippen LogP contribution in [0.4, 0.5) is 0 Å². The van der Waals surface area contributed by atoms with Gasteiger partial charge in [0, 0.05) is 25.0 Å². The molecule has 3 rings (SSSR count). The number of nitrogens with one attached hydrogen (secondary N) is 1. The lowest BCUT2D eigenvalue weighted by Crippen LogP contribution is -2.37. The van der Waals surface area contributed by atoms with Crippen LogP contribution in [0.1, 0.15) is 0 Å². The van der Waals surface area contributed by atoms with Crippen LogP contribution in [0.15, 0.2) is 45.7 Å². The maximum Gasteiger partial charge on any atom is 0.282 e. The van der Waals surface area contributed by atoms with Gasteiger partial charge in [-0.3, -0.25) is 14.4 Å². The van der Waals surface area contributed by atoms with E-state index < -0.39 is 0 Å². The Labute approximate surface area is 169 Å². The zero-order valence-electron chi connectivity index (χ0n) is 15.3. The molecule has 3 aromatic rings. The normalized spacial score (nSPS) is 10.8. The number of hydrogen-bond acceptors (Lipinski definition) is 7. The van der Waals surface area contributed by atoms with Crippen LogP contribution >= 0.6 is 23.1 Å². The van der Waals surface area contributed by atoms with Crippen LogP contribution in [0.2, 0.25) is 0 Å². The summed E-state index contributed by atoms with van der Waals surface area (Å²) in [6.45, 7) is -0.0837. The second kappa shape index (κ2) is 8.44. The van der Waals surface area contributed by atoms with E-state index in [-0.39, 0.29) is 34.8 Å². The third-order valence-corrected chi connectivity index (χ3v) is 5.79. The second-order valence-electron chi connectivity index (χ2n) is 6.12. The van der Waals surface area contributed by atoms with Crippen molar-refractivity contribution < 1.29 is 9.59 Å². The van der Waals surface area contributed by atoms with Gasteiger partial charge in [-0.15, -0.1) is 11.3 Å². The fourth-order valence-electron chi connectivity index (χ4n) is 2.43. The molecule has 8 nitrogen and oxygen atoms in total. The number of nitrogens with zero attached hydrogens (tertiary/aromatic N) is 3. The standard InChI is InChI=1S/C18H19N5O3S2/c1-22(2)14(25)8-20-13(24)10-28-18-21-16-15(17(26)23(18)19)12(9-27-16)11-6-4-3-5-7-11/h3-7,9H,8,10,19H2,1-2H3,(H,20,24). The Morgan fingerprint density at radius 3 is 2.68 bits per heavy atom. The summed E-state index contributed by atoms with van der Waals surface area (Å²) in [6.07, 6.45) is 0. The topological polar surface area (TPSA) is 110 Å². The number of carbonyl (C=O) groups excluding carboxylic acids is 2. The number of nitrogen functional groups attached to an aromatic ring is 1. The Morgan fingerprint density at radius 1 is 1.29 bits per heavy atom. The number of benzene rings is 1. The molecule has 28 heavy (non-hydrogen) atoms. The van der Waals surface area contributed by atoms with Crippen molar-refractivity contribution in [1.29, 1.82) is 0 Å². The van der Waals surface area contributed by atoms with Gasteiger partial charge in [0.1, 0.15) is 4.83 Å². The molecule has 0 aliphatic carbocycles. The van der Waals surface area contributed by atoms with Crippen molar-refractivity contribution in [3.05, 3.63) is 46.1 Å². The zero-order chi connectivity index (χ0) is 20.3. The van der Waals surface area contributed by atoms with E-state index in [2.05, 4.69) is 10.3 Å². The lowest BCUT2D eigenvalue weighted by molar-refractivity contribution is -0.130. The van der Waals surface area contributed by atoms with Crippen LogP contribution in [0.3, 0.4) is 0 Å². The van der Waals surface area contributed by atoms with Gasteiger partial charge in [-0.05, 0) is 5.56 Å². The van der Waals surface area contributed by atoms with E-state index in [9.17, 15) is 14.4 Å². The molecule has 146 valence electrons. The number of hydrogen-bond donors (Lipinski definition) is 2. The van der Waals surface area contributed by atoms with E-state index in [1.807, 2.05) is 35.7 Å². The fourth-order valence-corrected chi connectivity index (χ4v) is 4.17. The number of thioether (sulfide) groups is 1. The Bertz CT molecular complexity index is 1080. The van der Waals surface area contributed by atoms with Crippen LogP contribution in [0, 0.1) is 0 Å². The third kappa shape index (κ3) is 4.18. The lowest BCUT2D eigenvalue weighted by Gasteiger charge is -2.11. The fraction of sp³-hybridized carbons (Fsp3) is 0.222. The predicted octanol–water partition coefficient (Wildman–Crippen LogP) is 1.14. The molecule has 2 heterocycles. The first kappa shape index (κ1) is 19.9. The highest BCUT2D eigenvalue weighted by atomic mass is 32.2. The van der Waals surface area contributed by atoms with Crippen molar-refractivity contribution in [2.45, 2.75) is 5.16 Å². The molecule has 0 spiro atoms. The van der Waals surface area contributed by atoms with Crippen LogP contribution in [-0.2, 0) is 9.59 Å². The summed E-state index contributed by atoms with van der Waals surface area (Å²) in [4.78, 5) is 42.6. The van der Waals surface area contributed by atoms with E-state index in [1.165, 1.54) is 16.2 Å². The molecule has 0 saturated carbocycles. The van der Waals surface area contributed by atoms with Crippen LogP contribution in [-0.4, -0.2) is 52.8 Å². The van der Waals surface area contributed by atoms with Gasteiger partial charge in [0.15, 0.2) is 5.16 Å². The summed E-state index contributed by atoms with van der Waals surface area (Å²) < 4.78 is 0.963. The maximum absolute atomic E-state index is 12.8. The van der Waals surface area contributed by atoms with Crippen LogP contribution in [0.5, 0.6) is 0 Å². The van der Waals surface area contributed by atoms with E-state index in [4.69, 9.17) is 5.84 Å². The van der Waals surface area contributed by atoms with Gasteiger partial charge in [-0.1, -0.05) is 42.1 Å². The van der Waals surface area contributed by atoms with Crippen molar-refractivity contribution in [3.8, 4) is 11.1 Å². The molecule has 2 amide bonds. The van der Waals surface area contributed by atoms with Crippen molar-refractivity contribution in [1.82, 2.24) is 19.9 Å². The molecule has 2 aromatic heterocycles. The maximum atomic E-state index is 12.8. The molecule has 0 fully saturated rings. The van der Waals surface area contributed by atoms with Gasteiger partial charge in [0.2, 0.25) is 11.8 Å². The van der Waals surface area contributed by atoms with E-state index in [1.54, 1.807) is 14.1 Å². The number of likely N-dealkylation sites (N-methyl/N-ethyl adjacent to an activating group) is 1. The molecule has 10 heteroatoms. The highest BCUT2D eigenvalue weighted by molar-refractivity contribution is 7.99. The molecular formula is C18H19N5O3S2. The predicted molar refractivity (Wildman–Crippen MR) is 112 cm³/mol. The first-order chi connectivity index (χ1) is 13.4. The summed E-state index contributed by atoms with van der Waals surface area (Å²) in [6, 6.07) is 9.55. The first-order valence-electron chi connectivity index (χ1n) is 8.33. The highest BCUT2D eigenvalue weighted by Crippen LogP contribution is 2.31. The molecule has 3 N–H and O–H groups in total. The molecular weight excluding hydrogens is 398 g/mol. The second-order valence-corrected chi connectivity index (χ2v) is 7.92. The Kier molecular flexibility index (Phi) is 6.00. The van der Waals surface area contributed by atoms with Gasteiger partial charge >= 0.3 is 0 Å². The third-order valence-electron chi connectivity index (χ3n) is 3.96. The Balaban J connectivity index is 1.79. The van der Waals surface area contributed by atoms with Crippen molar-refractivity contribution in [3.63, 3.8) is 0 Å². The number of amides is 2. The molecule has 0 saturated heterocycles. The van der Waals surface area contributed by atoms with Crippen molar-refractivity contribution in [2.75, 3.05) is 32.2 Å². The number of rotatable bonds is 6.